The van der Waals surface area contributed by atoms with Crippen LogP contribution in [-0.4, -0.2) is 27.1 Å². The summed E-state index contributed by atoms with van der Waals surface area (Å²) in [5, 5.41) is 13.3. The van der Waals surface area contributed by atoms with Gasteiger partial charge in [0, 0.05) is 47.4 Å². The number of aromatic amines is 1. The lowest BCUT2D eigenvalue weighted by Gasteiger charge is -2.14. The van der Waals surface area contributed by atoms with E-state index in [0.717, 1.165) is 30.6 Å². The van der Waals surface area contributed by atoms with Gasteiger partial charge in [0.25, 0.3) is 0 Å². The van der Waals surface area contributed by atoms with E-state index in [1.54, 1.807) is 13.0 Å². The zero-order chi connectivity index (χ0) is 26.5. The number of allylic oxidation sites excluding steroid dienone is 1. The van der Waals surface area contributed by atoms with Gasteiger partial charge < -0.3 is 16.0 Å². The molecule has 36 heavy (non-hydrogen) atoms. The molecule has 2 aromatic heterocycles. The highest BCUT2D eigenvalue weighted by Crippen LogP contribution is 2.34. The minimum absolute atomic E-state index is 0.130. The lowest BCUT2D eigenvalue weighted by molar-refractivity contribution is -0.144. The van der Waals surface area contributed by atoms with Gasteiger partial charge in [-0.2, -0.15) is 18.3 Å². The van der Waals surface area contributed by atoms with Gasteiger partial charge in [-0.05, 0) is 24.6 Å². The Morgan fingerprint density at radius 2 is 1.92 bits per heavy atom. The quantitative estimate of drug-likeness (QED) is 0.112. The fourth-order valence-corrected chi connectivity index (χ4v) is 3.40. The predicted octanol–water partition coefficient (Wildman–Crippen LogP) is 5.56. The summed E-state index contributed by atoms with van der Waals surface area (Å²) in [7, 11) is 0. The highest BCUT2D eigenvalue weighted by molar-refractivity contribution is 6.04. The molecule has 1 aromatic carbocycles. The van der Waals surface area contributed by atoms with Gasteiger partial charge in [0.05, 0.1) is 17.1 Å². The van der Waals surface area contributed by atoms with Crippen molar-refractivity contribution in [1.29, 1.82) is 10.9 Å². The van der Waals surface area contributed by atoms with Crippen LogP contribution in [0.2, 0.25) is 0 Å². The molecule has 9 nitrogen and oxygen atoms in total. The lowest BCUT2D eigenvalue weighted by atomic mass is 9.98. The van der Waals surface area contributed by atoms with Gasteiger partial charge in [0.2, 0.25) is 5.82 Å². The summed E-state index contributed by atoms with van der Waals surface area (Å²) in [5.74, 6) is -3.42. The largest absolute Gasteiger partial charge is 0.451 e. The molecular formula is C22H20F5N9. The first-order valence-electron chi connectivity index (χ1n) is 10.3. The van der Waals surface area contributed by atoms with Crippen LogP contribution in [0.1, 0.15) is 36.5 Å². The Kier molecular flexibility index (Phi) is 7.86. The van der Waals surface area contributed by atoms with E-state index in [0.29, 0.717) is 24.0 Å². The smallest absolute Gasteiger partial charge is 0.382 e. The molecule has 14 heteroatoms. The third-order valence-corrected chi connectivity index (χ3v) is 5.09. The number of benzene rings is 1. The first-order valence-corrected chi connectivity index (χ1v) is 10.3. The Balaban J connectivity index is 2.05. The molecule has 0 aliphatic rings. The molecule has 3 rings (SSSR count). The molecule has 0 amide bonds. The van der Waals surface area contributed by atoms with Gasteiger partial charge in [0.1, 0.15) is 23.8 Å². The monoisotopic (exact) mass is 505 g/mol. The molecule has 1 atom stereocenters. The van der Waals surface area contributed by atoms with E-state index < -0.39 is 29.6 Å². The number of amidine groups is 1. The summed E-state index contributed by atoms with van der Waals surface area (Å²) in [5.41, 5.74) is 14.6. The van der Waals surface area contributed by atoms with Crippen molar-refractivity contribution in [2.45, 2.75) is 25.4 Å². The molecule has 6 N–H and O–H groups in total. The highest BCUT2D eigenvalue weighted by Gasteiger charge is 2.34. The van der Waals surface area contributed by atoms with Gasteiger partial charge in [-0.3, -0.25) is 5.41 Å². The van der Waals surface area contributed by atoms with Crippen molar-refractivity contribution in [3.8, 4) is 11.1 Å². The van der Waals surface area contributed by atoms with E-state index in [4.69, 9.17) is 16.7 Å². The van der Waals surface area contributed by atoms with Crippen LogP contribution in [0.25, 0.3) is 11.1 Å². The van der Waals surface area contributed by atoms with Crippen molar-refractivity contribution in [1.82, 2.24) is 15.0 Å². The van der Waals surface area contributed by atoms with E-state index in [-0.39, 0.29) is 28.5 Å². The Morgan fingerprint density at radius 1 is 1.22 bits per heavy atom. The Labute approximate surface area is 201 Å². The van der Waals surface area contributed by atoms with Crippen molar-refractivity contribution in [2.24, 2.45) is 15.8 Å². The van der Waals surface area contributed by atoms with Crippen molar-refractivity contribution in [3.63, 3.8) is 0 Å². The molecule has 2 heterocycles. The first kappa shape index (κ1) is 26.1. The maximum absolute atomic E-state index is 14.0. The average molecular weight is 505 g/mol. The van der Waals surface area contributed by atoms with E-state index in [9.17, 15) is 22.0 Å². The Hall–Kier alpha value is -4.49. The molecule has 0 saturated heterocycles. The average Bonchev–Trinajstić information content (AvgIpc) is 3.28. The Bertz CT molecular complexity index is 1310. The minimum Gasteiger partial charge on any atom is -0.382 e. The number of halogens is 5. The van der Waals surface area contributed by atoms with Crippen LogP contribution in [0.15, 0.2) is 58.7 Å². The van der Waals surface area contributed by atoms with Gasteiger partial charge in [0.15, 0.2) is 0 Å². The number of nitrogens with one attached hydrogen (secondary N) is 4. The molecular weight excluding hydrogens is 485 g/mol. The SMILES string of the molecule is CCC(/C(=C/Nc1cc(F)ccc1F)N=N)c1cc(-c2cnc(C(F)(F)F)nc2)c(/C(N)=N\C=N)[nH]1. The standard InChI is InChI=1S/C22H20F5N9/c1-2-13(18(36-30)9-31-17-5-12(23)3-4-15(17)24)16-6-14(19(35-16)20(29)34-10-28)11-7-32-21(33-8-11)22(25,26)27/h3-10,13,30-31,35H,2H2,1H3,(H3,28,29,34)/b18-9-,36-30?. The number of nitrogens with two attached hydrogens (primary N) is 1. The third-order valence-electron chi connectivity index (χ3n) is 5.09. The predicted molar refractivity (Wildman–Crippen MR) is 123 cm³/mol. The van der Waals surface area contributed by atoms with Crippen LogP contribution in [0.4, 0.5) is 27.6 Å². The zero-order valence-electron chi connectivity index (χ0n) is 18.7. The van der Waals surface area contributed by atoms with Gasteiger partial charge in [-0.1, -0.05) is 6.92 Å². The summed E-state index contributed by atoms with van der Waals surface area (Å²) >= 11 is 0. The number of aromatic nitrogens is 3. The minimum atomic E-state index is -4.72. The number of alkyl halides is 3. The summed E-state index contributed by atoms with van der Waals surface area (Å²) in [6.45, 7) is 1.78. The number of hydrogen-bond donors (Lipinski definition) is 5. The second kappa shape index (κ2) is 10.8. The van der Waals surface area contributed by atoms with Crippen molar-refractivity contribution >= 4 is 17.9 Å². The van der Waals surface area contributed by atoms with E-state index in [1.807, 2.05) is 0 Å². The van der Waals surface area contributed by atoms with Gasteiger partial charge >= 0.3 is 6.18 Å². The molecule has 0 aliphatic heterocycles. The van der Waals surface area contributed by atoms with E-state index >= 15 is 0 Å². The van der Waals surface area contributed by atoms with Crippen molar-refractivity contribution in [3.05, 3.63) is 77.4 Å². The fourth-order valence-electron chi connectivity index (χ4n) is 3.40. The lowest BCUT2D eigenvalue weighted by Crippen LogP contribution is -2.16. The number of aliphatic imine (C=N–C) groups is 1. The van der Waals surface area contributed by atoms with Crippen LogP contribution in [0.3, 0.4) is 0 Å². The van der Waals surface area contributed by atoms with Crippen LogP contribution in [0.5, 0.6) is 0 Å². The number of nitrogens with zero attached hydrogens (tertiary/aromatic N) is 4. The Morgan fingerprint density at radius 3 is 2.50 bits per heavy atom. The van der Waals surface area contributed by atoms with Crippen LogP contribution in [0, 0.1) is 22.6 Å². The maximum atomic E-state index is 14.0. The van der Waals surface area contributed by atoms with Crippen LogP contribution < -0.4 is 11.1 Å². The van der Waals surface area contributed by atoms with E-state index in [1.165, 1.54) is 6.20 Å². The molecule has 0 fully saturated rings. The molecule has 1 unspecified atom stereocenters. The van der Waals surface area contributed by atoms with Crippen molar-refractivity contribution < 1.29 is 22.0 Å². The topological polar surface area (TPSA) is 152 Å². The summed E-state index contributed by atoms with van der Waals surface area (Å²) < 4.78 is 66.1. The third kappa shape index (κ3) is 5.76. The van der Waals surface area contributed by atoms with Crippen molar-refractivity contribution in [2.75, 3.05) is 5.32 Å². The molecule has 0 saturated carbocycles. The zero-order valence-corrected chi connectivity index (χ0v) is 18.7. The van der Waals surface area contributed by atoms with E-state index in [2.05, 4.69) is 30.4 Å². The molecule has 188 valence electrons. The summed E-state index contributed by atoms with van der Waals surface area (Å²) in [6, 6.07) is 4.41. The number of rotatable bonds is 9. The second-order valence-electron chi connectivity index (χ2n) is 7.36. The molecule has 3 aromatic rings. The van der Waals surface area contributed by atoms with Crippen LogP contribution >= 0.6 is 0 Å². The first-order chi connectivity index (χ1) is 17.1. The van der Waals surface area contributed by atoms with Gasteiger partial charge in [-0.15, -0.1) is 0 Å². The molecule has 0 radical (unpaired) electrons. The van der Waals surface area contributed by atoms with Gasteiger partial charge in [-0.25, -0.2) is 29.3 Å². The second-order valence-corrected chi connectivity index (χ2v) is 7.36. The maximum Gasteiger partial charge on any atom is 0.451 e. The van der Waals surface area contributed by atoms with Crippen LogP contribution in [-0.2, 0) is 6.18 Å². The fraction of sp³-hybridized carbons (Fsp3) is 0.182. The number of anilines is 1. The summed E-state index contributed by atoms with van der Waals surface area (Å²) in [6.07, 6.45) is -0.443. The number of H-pyrrole nitrogens is 1. The highest BCUT2D eigenvalue weighted by atomic mass is 19.4. The normalized spacial score (nSPS) is 13.4. The molecule has 0 spiro atoms. The molecule has 0 bridgehead atoms. The summed E-state index contributed by atoms with van der Waals surface area (Å²) in [4.78, 5) is 13.5. The molecule has 0 aliphatic carbocycles. The number of hydrogen-bond acceptors (Lipinski definition) is 6.